The number of ether oxygens (including phenoxy) is 1. The first kappa shape index (κ1) is 20.9. The van der Waals surface area contributed by atoms with E-state index in [0.29, 0.717) is 36.7 Å². The van der Waals surface area contributed by atoms with Crippen molar-refractivity contribution in [3.05, 3.63) is 29.8 Å². The van der Waals surface area contributed by atoms with Crippen molar-refractivity contribution in [2.75, 3.05) is 25.0 Å². The Kier molecular flexibility index (Phi) is 8.30. The number of amides is 2. The molecule has 2 amide bonds. The predicted octanol–water partition coefficient (Wildman–Crippen LogP) is 3.62. The van der Waals surface area contributed by atoms with Gasteiger partial charge in [-0.15, -0.1) is 0 Å². The van der Waals surface area contributed by atoms with E-state index in [2.05, 4.69) is 5.32 Å². The molecule has 1 aromatic rings. The van der Waals surface area contributed by atoms with E-state index in [1.54, 1.807) is 29.2 Å². The summed E-state index contributed by atoms with van der Waals surface area (Å²) in [6.07, 6.45) is 6.12. The number of esters is 1. The normalized spacial score (nSPS) is 14.0. The van der Waals surface area contributed by atoms with Gasteiger partial charge in [0.25, 0.3) is 11.8 Å². The van der Waals surface area contributed by atoms with E-state index in [1.165, 1.54) is 25.7 Å². The van der Waals surface area contributed by atoms with Crippen molar-refractivity contribution in [2.45, 2.75) is 52.4 Å². The van der Waals surface area contributed by atoms with Gasteiger partial charge >= 0.3 is 5.97 Å². The second kappa shape index (κ2) is 10.7. The first-order valence-electron chi connectivity index (χ1n) is 9.88. The van der Waals surface area contributed by atoms with Gasteiger partial charge in [0.1, 0.15) is 0 Å². The highest BCUT2D eigenvalue weighted by molar-refractivity contribution is 5.96. The summed E-state index contributed by atoms with van der Waals surface area (Å²) < 4.78 is 5.05. The smallest absolute Gasteiger partial charge is 0.306 e. The fraction of sp³-hybridized carbons (Fsp3) is 0.571. The lowest BCUT2D eigenvalue weighted by Gasteiger charge is -2.18. The van der Waals surface area contributed by atoms with Gasteiger partial charge < -0.3 is 15.0 Å². The topological polar surface area (TPSA) is 75.7 Å². The third kappa shape index (κ3) is 6.70. The van der Waals surface area contributed by atoms with E-state index in [4.69, 9.17) is 4.74 Å². The number of hydrogen-bond donors (Lipinski definition) is 1. The molecule has 0 heterocycles. The standard InChI is InChI=1S/C21H30N2O4/c1-3-23(4-2)21(26)17-10-12-18(13-11-17)22-19(24)15-27-20(25)14-9-16-7-5-6-8-16/h10-13,16H,3-9,14-15H2,1-2H3,(H,22,24). The molecule has 1 aliphatic carbocycles. The van der Waals surface area contributed by atoms with E-state index >= 15 is 0 Å². The average molecular weight is 374 g/mol. The quantitative estimate of drug-likeness (QED) is 0.670. The van der Waals surface area contributed by atoms with E-state index in [0.717, 1.165) is 6.42 Å². The van der Waals surface area contributed by atoms with Crippen molar-refractivity contribution in [3.63, 3.8) is 0 Å². The Morgan fingerprint density at radius 2 is 1.70 bits per heavy atom. The summed E-state index contributed by atoms with van der Waals surface area (Å²) >= 11 is 0. The van der Waals surface area contributed by atoms with Crippen LogP contribution in [0.3, 0.4) is 0 Å². The second-order valence-electron chi connectivity index (χ2n) is 6.95. The van der Waals surface area contributed by atoms with Gasteiger partial charge in [-0.05, 0) is 50.5 Å². The number of nitrogens with zero attached hydrogens (tertiary/aromatic N) is 1. The van der Waals surface area contributed by atoms with Gasteiger partial charge in [0.2, 0.25) is 0 Å². The number of hydrogen-bond acceptors (Lipinski definition) is 4. The van der Waals surface area contributed by atoms with Crippen molar-refractivity contribution in [1.29, 1.82) is 0 Å². The molecule has 1 aromatic carbocycles. The fourth-order valence-electron chi connectivity index (χ4n) is 3.43. The maximum atomic E-state index is 12.3. The lowest BCUT2D eigenvalue weighted by Crippen LogP contribution is -2.30. The predicted molar refractivity (Wildman–Crippen MR) is 104 cm³/mol. The molecule has 0 aliphatic heterocycles. The van der Waals surface area contributed by atoms with Gasteiger partial charge in [-0.3, -0.25) is 14.4 Å². The van der Waals surface area contributed by atoms with Crippen LogP contribution in [0.1, 0.15) is 62.7 Å². The molecule has 0 aromatic heterocycles. The molecule has 27 heavy (non-hydrogen) atoms. The summed E-state index contributed by atoms with van der Waals surface area (Å²) in [5, 5.41) is 2.68. The van der Waals surface area contributed by atoms with Crippen LogP contribution in [0.15, 0.2) is 24.3 Å². The first-order valence-corrected chi connectivity index (χ1v) is 9.88. The van der Waals surface area contributed by atoms with Gasteiger partial charge in [0, 0.05) is 30.8 Å². The number of benzene rings is 1. The molecule has 1 fully saturated rings. The lowest BCUT2D eigenvalue weighted by atomic mass is 10.0. The van der Waals surface area contributed by atoms with Gasteiger partial charge in [-0.2, -0.15) is 0 Å². The molecule has 0 unspecified atom stereocenters. The Morgan fingerprint density at radius 1 is 1.07 bits per heavy atom. The molecule has 6 heteroatoms. The number of rotatable bonds is 9. The highest BCUT2D eigenvalue weighted by atomic mass is 16.5. The molecule has 6 nitrogen and oxygen atoms in total. The van der Waals surface area contributed by atoms with Gasteiger partial charge in [-0.1, -0.05) is 25.7 Å². The molecule has 0 atom stereocenters. The monoisotopic (exact) mass is 374 g/mol. The molecule has 148 valence electrons. The maximum Gasteiger partial charge on any atom is 0.306 e. The third-order valence-electron chi connectivity index (χ3n) is 5.06. The van der Waals surface area contributed by atoms with Gasteiger partial charge in [0.05, 0.1) is 0 Å². The summed E-state index contributed by atoms with van der Waals surface area (Å²) in [6, 6.07) is 6.72. The van der Waals surface area contributed by atoms with Crippen molar-refractivity contribution < 1.29 is 19.1 Å². The van der Waals surface area contributed by atoms with Crippen LogP contribution in [0.2, 0.25) is 0 Å². The molecule has 0 radical (unpaired) electrons. The number of carbonyl (C=O) groups excluding carboxylic acids is 3. The molecule has 0 bridgehead atoms. The van der Waals surface area contributed by atoms with Crippen LogP contribution in [-0.4, -0.2) is 42.4 Å². The average Bonchev–Trinajstić information content (AvgIpc) is 3.20. The van der Waals surface area contributed by atoms with Crippen molar-refractivity contribution >= 4 is 23.5 Å². The largest absolute Gasteiger partial charge is 0.456 e. The number of carbonyl (C=O) groups is 3. The van der Waals surface area contributed by atoms with Crippen molar-refractivity contribution in [2.24, 2.45) is 5.92 Å². The minimum atomic E-state index is -0.382. The molecule has 1 aliphatic rings. The zero-order chi connectivity index (χ0) is 19.6. The molecule has 1 saturated carbocycles. The SMILES string of the molecule is CCN(CC)C(=O)c1ccc(NC(=O)COC(=O)CCC2CCCC2)cc1. The lowest BCUT2D eigenvalue weighted by molar-refractivity contribution is -0.147. The van der Waals surface area contributed by atoms with Crippen molar-refractivity contribution in [1.82, 2.24) is 4.90 Å². The van der Waals surface area contributed by atoms with Gasteiger partial charge in [-0.25, -0.2) is 0 Å². The number of nitrogens with one attached hydrogen (secondary N) is 1. The zero-order valence-corrected chi connectivity index (χ0v) is 16.3. The van der Waals surface area contributed by atoms with Crippen molar-refractivity contribution in [3.8, 4) is 0 Å². The minimum Gasteiger partial charge on any atom is -0.456 e. The number of anilines is 1. The molecule has 2 rings (SSSR count). The molecule has 0 saturated heterocycles. The first-order chi connectivity index (χ1) is 13.0. The zero-order valence-electron chi connectivity index (χ0n) is 16.3. The van der Waals surface area contributed by atoms with Gasteiger partial charge in [0.15, 0.2) is 6.61 Å². The fourth-order valence-corrected chi connectivity index (χ4v) is 3.43. The summed E-state index contributed by atoms with van der Waals surface area (Å²) in [6.45, 7) is 4.89. The third-order valence-corrected chi connectivity index (χ3v) is 5.06. The molecule has 1 N–H and O–H groups in total. The second-order valence-corrected chi connectivity index (χ2v) is 6.95. The Bertz CT molecular complexity index is 632. The Morgan fingerprint density at radius 3 is 2.30 bits per heavy atom. The summed E-state index contributed by atoms with van der Waals surface area (Å²) in [7, 11) is 0. The Balaban J connectivity index is 1.73. The van der Waals surface area contributed by atoms with E-state index in [9.17, 15) is 14.4 Å². The highest BCUT2D eigenvalue weighted by Crippen LogP contribution is 2.28. The molecule has 0 spiro atoms. The van der Waals surface area contributed by atoms with Crippen LogP contribution >= 0.6 is 0 Å². The highest BCUT2D eigenvalue weighted by Gasteiger charge is 2.17. The molecular formula is C21H30N2O4. The van der Waals surface area contributed by atoms with E-state index < -0.39 is 0 Å². The van der Waals surface area contributed by atoms with E-state index in [-0.39, 0.29) is 24.4 Å². The maximum absolute atomic E-state index is 12.3. The summed E-state index contributed by atoms with van der Waals surface area (Å²) in [4.78, 5) is 37.7. The van der Waals surface area contributed by atoms with E-state index in [1.807, 2.05) is 13.8 Å². The Labute approximate surface area is 161 Å². The summed E-state index contributed by atoms with van der Waals surface area (Å²) in [5.41, 5.74) is 1.15. The van der Waals surface area contributed by atoms with Crippen LogP contribution in [0.5, 0.6) is 0 Å². The Hall–Kier alpha value is -2.37. The summed E-state index contributed by atoms with van der Waals surface area (Å²) in [5.74, 6) is -0.109. The van der Waals surface area contributed by atoms with Crippen LogP contribution < -0.4 is 5.32 Å². The van der Waals surface area contributed by atoms with Crippen LogP contribution in [0.4, 0.5) is 5.69 Å². The van der Waals surface area contributed by atoms with Crippen LogP contribution in [-0.2, 0) is 14.3 Å². The van der Waals surface area contributed by atoms with Crippen LogP contribution in [0.25, 0.3) is 0 Å². The van der Waals surface area contributed by atoms with Crippen LogP contribution in [0, 0.1) is 5.92 Å². The molecular weight excluding hydrogens is 344 g/mol. The minimum absolute atomic E-state index is 0.0333.